The number of halogens is 2. The molecule has 0 saturated heterocycles. The molecule has 0 bridgehead atoms. The molecule has 2 nitrogen and oxygen atoms in total. The van der Waals surface area contributed by atoms with E-state index in [0.717, 1.165) is 37.1 Å². The van der Waals surface area contributed by atoms with E-state index in [1.54, 1.807) is 0 Å². The molecule has 106 valence electrons. The second-order valence-corrected chi connectivity index (χ2v) is 6.66. The Labute approximate surface area is 140 Å². The van der Waals surface area contributed by atoms with Crippen LogP contribution in [-0.4, -0.2) is 0 Å². The van der Waals surface area contributed by atoms with Crippen molar-refractivity contribution in [3.63, 3.8) is 0 Å². The van der Waals surface area contributed by atoms with E-state index in [4.69, 9.17) is 10.5 Å². The number of fused-ring (bicyclic) bond motifs is 1. The molecule has 0 atom stereocenters. The number of ether oxygens (including phenoxy) is 1. The topological polar surface area (TPSA) is 35.2 Å². The lowest BCUT2D eigenvalue weighted by Gasteiger charge is -2.11. The molecule has 0 aliphatic rings. The van der Waals surface area contributed by atoms with Gasteiger partial charge in [0, 0.05) is 10.2 Å². The first kappa shape index (κ1) is 14.4. The van der Waals surface area contributed by atoms with Crippen LogP contribution in [0.5, 0.6) is 11.5 Å². The van der Waals surface area contributed by atoms with Gasteiger partial charge >= 0.3 is 0 Å². The third kappa shape index (κ3) is 3.06. The molecule has 0 aromatic heterocycles. The summed E-state index contributed by atoms with van der Waals surface area (Å²) in [6.07, 6.45) is 0. The molecule has 0 fully saturated rings. The third-order valence-corrected chi connectivity index (χ3v) is 4.44. The van der Waals surface area contributed by atoms with Crippen molar-refractivity contribution in [1.29, 1.82) is 0 Å². The lowest BCUT2D eigenvalue weighted by Crippen LogP contribution is -1.92. The molecule has 0 aliphatic carbocycles. The summed E-state index contributed by atoms with van der Waals surface area (Å²) in [5.74, 6) is 1.56. The summed E-state index contributed by atoms with van der Waals surface area (Å²) in [5.41, 5.74) is 7.63. The van der Waals surface area contributed by atoms with Crippen molar-refractivity contribution in [2.45, 2.75) is 6.92 Å². The van der Waals surface area contributed by atoms with E-state index in [9.17, 15) is 0 Å². The average Bonchev–Trinajstić information content (AvgIpc) is 2.45. The van der Waals surface area contributed by atoms with Crippen molar-refractivity contribution < 1.29 is 4.74 Å². The zero-order chi connectivity index (χ0) is 15.0. The fourth-order valence-electron chi connectivity index (χ4n) is 2.13. The van der Waals surface area contributed by atoms with Gasteiger partial charge in [0.15, 0.2) is 0 Å². The summed E-state index contributed by atoms with van der Waals surface area (Å²) in [5, 5.41) is 2.31. The SMILES string of the molecule is Cc1cc(Oc2ccc3cc(Br)ccc3c2)c(Br)cc1N. The minimum Gasteiger partial charge on any atom is -0.456 e. The van der Waals surface area contributed by atoms with Gasteiger partial charge in [0.1, 0.15) is 11.5 Å². The molecule has 3 aromatic carbocycles. The summed E-state index contributed by atoms with van der Waals surface area (Å²) >= 11 is 6.97. The number of rotatable bonds is 2. The van der Waals surface area contributed by atoms with Gasteiger partial charge in [-0.3, -0.25) is 0 Å². The maximum absolute atomic E-state index is 5.97. The molecule has 0 heterocycles. The van der Waals surface area contributed by atoms with Crippen LogP contribution in [0.25, 0.3) is 10.8 Å². The smallest absolute Gasteiger partial charge is 0.142 e. The normalized spacial score (nSPS) is 10.8. The third-order valence-electron chi connectivity index (χ3n) is 3.32. The number of aryl methyl sites for hydroxylation is 1. The Morgan fingerprint density at radius 2 is 1.62 bits per heavy atom. The van der Waals surface area contributed by atoms with Crippen molar-refractivity contribution >= 4 is 48.3 Å². The van der Waals surface area contributed by atoms with Gasteiger partial charge in [-0.25, -0.2) is 0 Å². The zero-order valence-electron chi connectivity index (χ0n) is 11.4. The minimum atomic E-state index is 0.748. The number of hydrogen-bond acceptors (Lipinski definition) is 2. The summed E-state index contributed by atoms with van der Waals surface area (Å²) in [4.78, 5) is 0. The van der Waals surface area contributed by atoms with E-state index in [1.165, 1.54) is 5.39 Å². The van der Waals surface area contributed by atoms with Crippen LogP contribution in [-0.2, 0) is 0 Å². The van der Waals surface area contributed by atoms with Crippen molar-refractivity contribution in [2.24, 2.45) is 0 Å². The largest absolute Gasteiger partial charge is 0.456 e. The highest BCUT2D eigenvalue weighted by Gasteiger charge is 2.07. The molecule has 0 spiro atoms. The highest BCUT2D eigenvalue weighted by atomic mass is 79.9. The van der Waals surface area contributed by atoms with Gasteiger partial charge < -0.3 is 10.5 Å². The molecule has 21 heavy (non-hydrogen) atoms. The Morgan fingerprint density at radius 3 is 2.43 bits per heavy atom. The van der Waals surface area contributed by atoms with Crippen LogP contribution in [0.4, 0.5) is 5.69 Å². The van der Waals surface area contributed by atoms with Crippen molar-refractivity contribution in [3.05, 3.63) is 63.0 Å². The van der Waals surface area contributed by atoms with Crippen LogP contribution in [0, 0.1) is 6.92 Å². The fourth-order valence-corrected chi connectivity index (χ4v) is 2.95. The number of benzene rings is 3. The van der Waals surface area contributed by atoms with Crippen molar-refractivity contribution in [1.82, 2.24) is 0 Å². The number of hydrogen-bond donors (Lipinski definition) is 1. The molecule has 0 aliphatic heterocycles. The van der Waals surface area contributed by atoms with E-state index in [1.807, 2.05) is 43.3 Å². The first-order chi connectivity index (χ1) is 10.0. The maximum Gasteiger partial charge on any atom is 0.142 e. The lowest BCUT2D eigenvalue weighted by atomic mass is 10.1. The molecule has 3 rings (SSSR count). The van der Waals surface area contributed by atoms with Crippen LogP contribution in [0.15, 0.2) is 57.5 Å². The Hall–Kier alpha value is -1.52. The number of nitrogens with two attached hydrogens (primary N) is 1. The zero-order valence-corrected chi connectivity index (χ0v) is 14.5. The Kier molecular flexibility index (Phi) is 3.91. The quantitative estimate of drug-likeness (QED) is 0.526. The molecule has 4 heteroatoms. The average molecular weight is 407 g/mol. The van der Waals surface area contributed by atoms with Crippen LogP contribution in [0.2, 0.25) is 0 Å². The van der Waals surface area contributed by atoms with E-state index in [0.29, 0.717) is 0 Å². The Bertz CT molecular complexity index is 830. The van der Waals surface area contributed by atoms with Crippen LogP contribution >= 0.6 is 31.9 Å². The van der Waals surface area contributed by atoms with Crippen molar-refractivity contribution in [3.8, 4) is 11.5 Å². The van der Waals surface area contributed by atoms with Crippen LogP contribution in [0.1, 0.15) is 5.56 Å². The standard InChI is InChI=1S/C17H13Br2NO/c1-10-6-17(15(19)9-16(10)20)21-14-5-3-11-7-13(18)4-2-12(11)8-14/h2-9H,20H2,1H3. The van der Waals surface area contributed by atoms with Gasteiger partial charge in [0.05, 0.1) is 4.47 Å². The van der Waals surface area contributed by atoms with E-state index >= 15 is 0 Å². The fraction of sp³-hybridized carbons (Fsp3) is 0.0588. The Balaban J connectivity index is 1.98. The van der Waals surface area contributed by atoms with Crippen LogP contribution in [0.3, 0.4) is 0 Å². The molecule has 0 saturated carbocycles. The number of nitrogen functional groups attached to an aromatic ring is 1. The molecule has 0 unspecified atom stereocenters. The van der Waals surface area contributed by atoms with E-state index < -0.39 is 0 Å². The molecule has 3 aromatic rings. The van der Waals surface area contributed by atoms with Gasteiger partial charge in [-0.1, -0.05) is 28.1 Å². The predicted molar refractivity (Wildman–Crippen MR) is 95.0 cm³/mol. The lowest BCUT2D eigenvalue weighted by molar-refractivity contribution is 0.480. The second kappa shape index (κ2) is 5.70. The van der Waals surface area contributed by atoms with Crippen LogP contribution < -0.4 is 10.5 Å². The summed E-state index contributed by atoms with van der Waals surface area (Å²) < 4.78 is 7.89. The highest BCUT2D eigenvalue weighted by molar-refractivity contribution is 9.10. The van der Waals surface area contributed by atoms with Gasteiger partial charge in [0.25, 0.3) is 0 Å². The summed E-state index contributed by atoms with van der Waals surface area (Å²) in [7, 11) is 0. The first-order valence-electron chi connectivity index (χ1n) is 6.46. The highest BCUT2D eigenvalue weighted by Crippen LogP contribution is 2.34. The van der Waals surface area contributed by atoms with Crippen molar-refractivity contribution in [2.75, 3.05) is 5.73 Å². The maximum atomic E-state index is 5.97. The van der Waals surface area contributed by atoms with Gasteiger partial charge in [-0.15, -0.1) is 0 Å². The predicted octanol–water partition coefficient (Wildman–Crippen LogP) is 6.05. The molecule has 0 amide bonds. The molecule has 2 N–H and O–H groups in total. The second-order valence-electron chi connectivity index (χ2n) is 4.89. The van der Waals surface area contributed by atoms with Gasteiger partial charge in [-0.05, 0) is 75.6 Å². The number of anilines is 1. The van der Waals surface area contributed by atoms with E-state index in [2.05, 4.69) is 44.0 Å². The van der Waals surface area contributed by atoms with Gasteiger partial charge in [0.2, 0.25) is 0 Å². The summed E-state index contributed by atoms with van der Waals surface area (Å²) in [6, 6.07) is 16.0. The molecular weight excluding hydrogens is 394 g/mol. The van der Waals surface area contributed by atoms with E-state index in [-0.39, 0.29) is 0 Å². The van der Waals surface area contributed by atoms with Gasteiger partial charge in [-0.2, -0.15) is 0 Å². The monoisotopic (exact) mass is 405 g/mol. The molecular formula is C17H13Br2NO. The minimum absolute atomic E-state index is 0.748. The Morgan fingerprint density at radius 1 is 0.905 bits per heavy atom. The molecule has 0 radical (unpaired) electrons. The first-order valence-corrected chi connectivity index (χ1v) is 8.04. The summed E-state index contributed by atoms with van der Waals surface area (Å²) in [6.45, 7) is 1.96.